The van der Waals surface area contributed by atoms with E-state index in [0.717, 1.165) is 22.8 Å². The third-order valence-corrected chi connectivity index (χ3v) is 4.26. The van der Waals surface area contributed by atoms with E-state index in [2.05, 4.69) is 50.0 Å². The lowest BCUT2D eigenvalue weighted by Crippen LogP contribution is -2.10. The van der Waals surface area contributed by atoms with Crippen molar-refractivity contribution in [3.8, 4) is 17.2 Å². The molecule has 3 aromatic rings. The van der Waals surface area contributed by atoms with Crippen LogP contribution < -0.4 is 4.74 Å². The maximum Gasteiger partial charge on any atom is 0.226 e. The Kier molecular flexibility index (Phi) is 4.67. The second kappa shape index (κ2) is 6.75. The molecule has 25 heavy (non-hydrogen) atoms. The van der Waals surface area contributed by atoms with Gasteiger partial charge in [-0.3, -0.25) is 0 Å². The number of ether oxygens (including phenoxy) is 1. The Morgan fingerprint density at radius 3 is 2.36 bits per heavy atom. The van der Waals surface area contributed by atoms with Crippen LogP contribution >= 0.6 is 0 Å². The van der Waals surface area contributed by atoms with E-state index in [1.165, 1.54) is 11.1 Å². The SMILES string of the molecule is Cc1cccc(OCc2nc(-c3ccc(C(C)(C)C)cc3)oc2C)c1. The molecule has 0 saturated heterocycles. The molecule has 3 heteroatoms. The number of aromatic nitrogens is 1. The van der Waals surface area contributed by atoms with E-state index < -0.39 is 0 Å². The zero-order valence-electron chi connectivity index (χ0n) is 15.6. The lowest BCUT2D eigenvalue weighted by Gasteiger charge is -2.18. The van der Waals surface area contributed by atoms with Gasteiger partial charge in [0.2, 0.25) is 5.89 Å². The summed E-state index contributed by atoms with van der Waals surface area (Å²) < 4.78 is 11.7. The van der Waals surface area contributed by atoms with Crippen LogP contribution in [0.4, 0.5) is 0 Å². The van der Waals surface area contributed by atoms with Crippen molar-refractivity contribution in [2.24, 2.45) is 0 Å². The van der Waals surface area contributed by atoms with Gasteiger partial charge in [-0.05, 0) is 54.7 Å². The molecule has 3 rings (SSSR count). The minimum absolute atomic E-state index is 0.137. The quantitative estimate of drug-likeness (QED) is 0.601. The van der Waals surface area contributed by atoms with E-state index in [0.29, 0.717) is 12.5 Å². The Bertz CT molecular complexity index is 854. The zero-order chi connectivity index (χ0) is 18.0. The minimum atomic E-state index is 0.137. The van der Waals surface area contributed by atoms with E-state index in [1.807, 2.05) is 38.1 Å². The van der Waals surface area contributed by atoms with Crippen LogP contribution in [-0.4, -0.2) is 4.98 Å². The van der Waals surface area contributed by atoms with Crippen LogP contribution in [0.2, 0.25) is 0 Å². The maximum absolute atomic E-state index is 5.85. The first-order valence-electron chi connectivity index (χ1n) is 8.59. The summed E-state index contributed by atoms with van der Waals surface area (Å²) in [5.74, 6) is 2.28. The Morgan fingerprint density at radius 1 is 1.00 bits per heavy atom. The number of aryl methyl sites for hydroxylation is 2. The number of benzene rings is 2. The molecule has 0 N–H and O–H groups in total. The Labute approximate surface area is 149 Å². The first-order chi connectivity index (χ1) is 11.8. The average molecular weight is 335 g/mol. The summed E-state index contributed by atoms with van der Waals surface area (Å²) in [6.45, 7) is 11.0. The van der Waals surface area contributed by atoms with Gasteiger partial charge in [0.15, 0.2) is 0 Å². The lowest BCUT2D eigenvalue weighted by molar-refractivity contribution is 0.299. The van der Waals surface area contributed by atoms with E-state index in [9.17, 15) is 0 Å². The molecule has 0 atom stereocenters. The third-order valence-electron chi connectivity index (χ3n) is 4.26. The number of hydrogen-bond acceptors (Lipinski definition) is 3. The van der Waals surface area contributed by atoms with E-state index in [1.54, 1.807) is 0 Å². The standard InChI is InChI=1S/C22H25NO2/c1-15-7-6-8-19(13-15)24-14-20-16(2)25-21(23-20)17-9-11-18(12-10-17)22(3,4)5/h6-13H,14H2,1-5H3. The summed E-state index contributed by atoms with van der Waals surface area (Å²) in [4.78, 5) is 4.62. The summed E-state index contributed by atoms with van der Waals surface area (Å²) in [5, 5.41) is 0. The lowest BCUT2D eigenvalue weighted by atomic mass is 9.87. The van der Waals surface area contributed by atoms with Gasteiger partial charge in [0, 0.05) is 5.56 Å². The zero-order valence-corrected chi connectivity index (χ0v) is 15.6. The summed E-state index contributed by atoms with van der Waals surface area (Å²) in [6, 6.07) is 16.4. The van der Waals surface area contributed by atoms with Crippen LogP contribution in [0, 0.1) is 13.8 Å². The van der Waals surface area contributed by atoms with Gasteiger partial charge in [0.1, 0.15) is 23.8 Å². The van der Waals surface area contributed by atoms with Crippen LogP contribution in [0.3, 0.4) is 0 Å². The minimum Gasteiger partial charge on any atom is -0.487 e. The third kappa shape index (κ3) is 4.11. The molecule has 0 aliphatic rings. The van der Waals surface area contributed by atoms with Crippen molar-refractivity contribution >= 4 is 0 Å². The van der Waals surface area contributed by atoms with Crippen molar-refractivity contribution in [3.05, 3.63) is 71.1 Å². The van der Waals surface area contributed by atoms with Crippen LogP contribution in [0.25, 0.3) is 11.5 Å². The predicted molar refractivity (Wildman–Crippen MR) is 101 cm³/mol. The second-order valence-electron chi connectivity index (χ2n) is 7.45. The van der Waals surface area contributed by atoms with Gasteiger partial charge in [-0.1, -0.05) is 45.0 Å². The van der Waals surface area contributed by atoms with Crippen molar-refractivity contribution in [2.75, 3.05) is 0 Å². The van der Waals surface area contributed by atoms with Crippen LogP contribution in [0.15, 0.2) is 52.9 Å². The summed E-state index contributed by atoms with van der Waals surface area (Å²) in [6.07, 6.45) is 0. The molecule has 0 aliphatic heterocycles. The van der Waals surface area contributed by atoms with E-state index >= 15 is 0 Å². The molecule has 1 aromatic heterocycles. The highest BCUT2D eigenvalue weighted by Crippen LogP contribution is 2.27. The van der Waals surface area contributed by atoms with E-state index in [4.69, 9.17) is 9.15 Å². The highest BCUT2D eigenvalue weighted by Gasteiger charge is 2.15. The molecule has 0 saturated carbocycles. The fourth-order valence-corrected chi connectivity index (χ4v) is 2.66. The van der Waals surface area contributed by atoms with Crippen molar-refractivity contribution < 1.29 is 9.15 Å². The Morgan fingerprint density at radius 2 is 1.72 bits per heavy atom. The Hall–Kier alpha value is -2.55. The molecular formula is C22H25NO2. The molecule has 3 nitrogen and oxygen atoms in total. The fraction of sp³-hybridized carbons (Fsp3) is 0.318. The molecule has 0 bridgehead atoms. The van der Waals surface area contributed by atoms with Crippen molar-refractivity contribution in [2.45, 2.75) is 46.6 Å². The van der Waals surface area contributed by atoms with Crippen LogP contribution in [-0.2, 0) is 12.0 Å². The van der Waals surface area contributed by atoms with Crippen molar-refractivity contribution in [1.82, 2.24) is 4.98 Å². The molecule has 0 fully saturated rings. The molecule has 0 unspecified atom stereocenters. The highest BCUT2D eigenvalue weighted by atomic mass is 16.5. The summed E-state index contributed by atoms with van der Waals surface area (Å²) in [7, 11) is 0. The number of hydrogen-bond donors (Lipinski definition) is 0. The van der Waals surface area contributed by atoms with Gasteiger partial charge < -0.3 is 9.15 Å². The first-order valence-corrected chi connectivity index (χ1v) is 8.59. The van der Waals surface area contributed by atoms with Gasteiger partial charge in [-0.25, -0.2) is 4.98 Å². The molecule has 0 aliphatic carbocycles. The van der Waals surface area contributed by atoms with Crippen LogP contribution in [0.1, 0.15) is 43.4 Å². The smallest absolute Gasteiger partial charge is 0.226 e. The summed E-state index contributed by atoms with van der Waals surface area (Å²) in [5.41, 5.74) is 4.42. The number of rotatable bonds is 4. The first kappa shape index (κ1) is 17.3. The van der Waals surface area contributed by atoms with Gasteiger partial charge in [0.05, 0.1) is 0 Å². The van der Waals surface area contributed by atoms with Crippen molar-refractivity contribution in [1.29, 1.82) is 0 Å². The highest BCUT2D eigenvalue weighted by molar-refractivity contribution is 5.54. The largest absolute Gasteiger partial charge is 0.487 e. The fourth-order valence-electron chi connectivity index (χ4n) is 2.66. The summed E-state index contributed by atoms with van der Waals surface area (Å²) >= 11 is 0. The van der Waals surface area contributed by atoms with Gasteiger partial charge in [-0.15, -0.1) is 0 Å². The second-order valence-corrected chi connectivity index (χ2v) is 7.45. The molecule has 0 amide bonds. The molecule has 1 heterocycles. The molecule has 0 radical (unpaired) electrons. The molecular weight excluding hydrogens is 310 g/mol. The van der Waals surface area contributed by atoms with Crippen molar-refractivity contribution in [3.63, 3.8) is 0 Å². The van der Waals surface area contributed by atoms with Crippen LogP contribution in [0.5, 0.6) is 5.75 Å². The Balaban J connectivity index is 1.76. The number of nitrogens with zero attached hydrogens (tertiary/aromatic N) is 1. The maximum atomic E-state index is 5.85. The normalized spacial score (nSPS) is 11.6. The predicted octanol–water partition coefficient (Wildman–Crippen LogP) is 5.83. The monoisotopic (exact) mass is 335 g/mol. The average Bonchev–Trinajstić information content (AvgIpc) is 2.93. The molecule has 130 valence electrons. The van der Waals surface area contributed by atoms with Gasteiger partial charge in [0.25, 0.3) is 0 Å². The topological polar surface area (TPSA) is 35.3 Å². The molecule has 2 aromatic carbocycles. The van der Waals surface area contributed by atoms with Gasteiger partial charge >= 0.3 is 0 Å². The number of oxazole rings is 1. The van der Waals surface area contributed by atoms with E-state index in [-0.39, 0.29) is 5.41 Å². The van der Waals surface area contributed by atoms with Gasteiger partial charge in [-0.2, -0.15) is 0 Å². The molecule has 0 spiro atoms.